The third-order valence-corrected chi connectivity index (χ3v) is 17.6. The fourth-order valence-electron chi connectivity index (χ4n) is 13.3. The number of halogens is 3. The van der Waals surface area contributed by atoms with Crippen LogP contribution in [0.25, 0.3) is 160 Å². The Kier molecular flexibility index (Phi) is 13.9. The molecule has 0 radical (unpaired) electrons. The average molecular weight is 1220 g/mol. The van der Waals surface area contributed by atoms with Gasteiger partial charge in [-0.15, -0.1) is 0 Å². The maximum Gasteiger partial charge on any atom is 0.415 e. The summed E-state index contributed by atoms with van der Waals surface area (Å²) in [4.78, 5) is 23.3. The van der Waals surface area contributed by atoms with Crippen LogP contribution >= 0.6 is 0 Å². The van der Waals surface area contributed by atoms with Crippen LogP contribution in [0.1, 0.15) is 11.1 Å². The molecule has 10 aromatic carbocycles. The van der Waals surface area contributed by atoms with Crippen molar-refractivity contribution in [3.8, 4) is 118 Å². The van der Waals surface area contributed by atoms with E-state index in [1.165, 1.54) is 6.07 Å². The van der Waals surface area contributed by atoms with E-state index in [4.69, 9.17) is 26.5 Å². The van der Waals surface area contributed by atoms with Gasteiger partial charge in [0.1, 0.15) is 11.6 Å². The van der Waals surface area contributed by atoms with Gasteiger partial charge in [0.25, 0.3) is 0 Å². The van der Waals surface area contributed by atoms with E-state index in [1.54, 1.807) is 36.9 Å². The van der Waals surface area contributed by atoms with Crippen LogP contribution in [0.2, 0.25) is 0 Å². The maximum absolute atomic E-state index is 15.3. The van der Waals surface area contributed by atoms with Crippen molar-refractivity contribution in [1.29, 1.82) is 5.26 Å². The molecule has 0 aliphatic rings. The summed E-state index contributed by atoms with van der Waals surface area (Å²) in [6, 6.07) is 90.8. The second-order valence-corrected chi connectivity index (χ2v) is 23.0. The molecule has 442 valence electrons. The third-order valence-electron chi connectivity index (χ3n) is 17.6. The summed E-state index contributed by atoms with van der Waals surface area (Å²) in [5.74, 6) is 0. The summed E-state index contributed by atoms with van der Waals surface area (Å²) in [5.41, 5.74) is 16.8. The van der Waals surface area contributed by atoms with Gasteiger partial charge in [0.05, 0.1) is 62.8 Å². The minimum absolute atomic E-state index is 0.133. The largest absolute Gasteiger partial charge is 0.415 e. The molecule has 0 amide bonds. The first-order valence-corrected chi connectivity index (χ1v) is 30.6. The van der Waals surface area contributed by atoms with Crippen molar-refractivity contribution in [3.63, 3.8) is 0 Å². The molecular weight excluding hydrogens is 1170 g/mol. The second-order valence-electron chi connectivity index (χ2n) is 23.0. The highest BCUT2D eigenvalue weighted by Crippen LogP contribution is 2.47. The van der Waals surface area contributed by atoms with E-state index in [1.807, 2.05) is 170 Å². The molecule has 0 bridgehead atoms. The maximum atomic E-state index is 15.3. The molecule has 0 fully saturated rings. The van der Waals surface area contributed by atoms with Crippen LogP contribution in [0.4, 0.5) is 18.9 Å². The number of nitrogens with zero attached hydrogens (tertiary/aromatic N) is 8. The number of alkyl halides is 3. The van der Waals surface area contributed by atoms with E-state index in [0.717, 1.165) is 123 Å². The first-order chi connectivity index (χ1) is 46.2. The van der Waals surface area contributed by atoms with Crippen molar-refractivity contribution in [1.82, 2.24) is 29.1 Å². The van der Waals surface area contributed by atoms with Crippen molar-refractivity contribution < 1.29 is 13.2 Å². The lowest BCUT2D eigenvalue weighted by Gasteiger charge is -2.20. The van der Waals surface area contributed by atoms with E-state index in [-0.39, 0.29) is 16.8 Å². The zero-order valence-corrected chi connectivity index (χ0v) is 50.0. The Labute approximate surface area is 538 Å². The van der Waals surface area contributed by atoms with Crippen LogP contribution in [-0.4, -0.2) is 29.1 Å². The molecular formula is C83H49F3N8. The van der Waals surface area contributed by atoms with Gasteiger partial charge in [-0.1, -0.05) is 194 Å². The van der Waals surface area contributed by atoms with Gasteiger partial charge in [-0.25, -0.2) is 4.85 Å². The summed E-state index contributed by atoms with van der Waals surface area (Å²) in [6.07, 6.45) is 2.32. The van der Waals surface area contributed by atoms with Gasteiger partial charge >= 0.3 is 6.18 Å². The Bertz CT molecular complexity index is 5160. The molecule has 94 heavy (non-hydrogen) atoms. The Morgan fingerprint density at radius 2 is 0.638 bits per heavy atom. The fourth-order valence-corrected chi connectivity index (χ4v) is 13.3. The van der Waals surface area contributed by atoms with Crippen molar-refractivity contribution >= 4 is 49.3 Å². The number of hydrogen-bond donors (Lipinski definition) is 0. The van der Waals surface area contributed by atoms with Crippen molar-refractivity contribution in [2.45, 2.75) is 6.18 Å². The molecule has 0 aliphatic heterocycles. The number of hydrogen-bond acceptors (Lipinski definition) is 5. The predicted molar refractivity (Wildman–Crippen MR) is 371 cm³/mol. The van der Waals surface area contributed by atoms with E-state index in [2.05, 4.69) is 92.8 Å². The smallest absolute Gasteiger partial charge is 0.308 e. The van der Waals surface area contributed by atoms with Crippen LogP contribution in [-0.2, 0) is 6.18 Å². The lowest BCUT2D eigenvalue weighted by Crippen LogP contribution is -2.07. The van der Waals surface area contributed by atoms with Gasteiger partial charge in [-0.05, 0) is 112 Å². The highest BCUT2D eigenvalue weighted by Gasteiger charge is 2.32. The Balaban J connectivity index is 1.05. The second kappa shape index (κ2) is 23.2. The normalized spacial score (nSPS) is 11.5. The topological polar surface area (TPSA) is 89.6 Å². The number of nitriles is 1. The van der Waals surface area contributed by atoms with Gasteiger partial charge in [0, 0.05) is 96.4 Å². The van der Waals surface area contributed by atoms with Crippen LogP contribution in [0.15, 0.2) is 298 Å². The van der Waals surface area contributed by atoms with Crippen LogP contribution in [0.3, 0.4) is 0 Å². The quantitative estimate of drug-likeness (QED) is 0.120. The van der Waals surface area contributed by atoms with E-state index in [9.17, 15) is 5.26 Å². The summed E-state index contributed by atoms with van der Waals surface area (Å²) in [6.45, 7) is 8.17. The predicted octanol–water partition coefficient (Wildman–Crippen LogP) is 21.9. The number of aromatic nitrogens is 6. The highest BCUT2D eigenvalue weighted by molar-refractivity contribution is 6.14. The Hall–Kier alpha value is -12.8. The SMILES string of the molecule is [C-]#[N+]c1cc(-c2cc(-n3c4cc(-c5cccnc5-c5ccccc5)ccc4c4ccc(-c5cccnc5-c5ccccc5)cc43)c(C#N)c(-n3c4cc(-c5cccnc5-c5ccccc5)ccc4c4ccc(-c5cccnc5-c5ccccc5)cc43)c2)cc(C(F)(F)F)c1. The zero-order valence-electron chi connectivity index (χ0n) is 50.0. The molecule has 0 saturated heterocycles. The summed E-state index contributed by atoms with van der Waals surface area (Å²) in [7, 11) is 0. The molecule has 0 spiro atoms. The fraction of sp³-hybridized carbons (Fsp3) is 0.0120. The number of rotatable bonds is 11. The van der Waals surface area contributed by atoms with Gasteiger partial charge in [-0.3, -0.25) is 19.9 Å². The number of pyridine rings is 4. The first-order valence-electron chi connectivity index (χ1n) is 30.6. The molecule has 16 rings (SSSR count). The number of fused-ring (bicyclic) bond motifs is 6. The summed E-state index contributed by atoms with van der Waals surface area (Å²) < 4.78 is 50.1. The Morgan fingerprint density at radius 3 is 0.926 bits per heavy atom. The molecule has 6 aromatic heterocycles. The monoisotopic (exact) mass is 1210 g/mol. The zero-order chi connectivity index (χ0) is 63.4. The van der Waals surface area contributed by atoms with E-state index in [0.29, 0.717) is 39.0 Å². The Morgan fingerprint density at radius 1 is 0.330 bits per heavy atom. The summed E-state index contributed by atoms with van der Waals surface area (Å²) >= 11 is 0. The van der Waals surface area contributed by atoms with Crippen molar-refractivity contribution in [2.75, 3.05) is 0 Å². The van der Waals surface area contributed by atoms with Gasteiger partial charge in [0.15, 0.2) is 5.69 Å². The lowest BCUT2D eigenvalue weighted by molar-refractivity contribution is -0.137. The molecule has 0 N–H and O–H groups in total. The van der Waals surface area contributed by atoms with Crippen LogP contribution in [0, 0.1) is 17.9 Å². The third kappa shape index (κ3) is 9.89. The minimum Gasteiger partial charge on any atom is -0.308 e. The van der Waals surface area contributed by atoms with Gasteiger partial charge in [-0.2, -0.15) is 18.4 Å². The first kappa shape index (κ1) is 56.4. The molecule has 11 heteroatoms. The molecule has 16 aromatic rings. The van der Waals surface area contributed by atoms with Crippen molar-refractivity contribution in [2.24, 2.45) is 0 Å². The van der Waals surface area contributed by atoms with Gasteiger partial charge in [0.2, 0.25) is 0 Å². The minimum atomic E-state index is -4.81. The van der Waals surface area contributed by atoms with E-state index < -0.39 is 11.7 Å². The molecule has 8 nitrogen and oxygen atoms in total. The average Bonchev–Trinajstić information content (AvgIpc) is 1.56. The summed E-state index contributed by atoms with van der Waals surface area (Å²) in [5, 5.41) is 15.9. The van der Waals surface area contributed by atoms with E-state index >= 15 is 13.2 Å². The van der Waals surface area contributed by atoms with Crippen molar-refractivity contribution in [3.05, 3.63) is 320 Å². The molecule has 0 atom stereocenters. The standard InChI is InChI=1S/C83H49F3N8/c1-88-63-43-60(42-62(50-63)83(84,85)86)61-48-77(93-73-44-56(64-26-14-38-89-79(64)52-18-6-2-7-19-52)30-34-68(73)69-35-31-57(45-74(69)93)65-27-15-39-90-80(65)53-20-8-3-9-21-53)72(51-87)78(49-61)94-75-46-58(66-28-16-40-91-81(66)54-22-10-4-11-23-54)32-36-70(75)71-37-33-59(47-76(71)94)67-29-17-41-92-82(67)55-24-12-5-13-25-55/h2-50H. The molecule has 6 heterocycles. The highest BCUT2D eigenvalue weighted by atomic mass is 19.4. The van der Waals surface area contributed by atoms with Crippen LogP contribution < -0.4 is 0 Å². The number of benzene rings is 10. The van der Waals surface area contributed by atoms with Crippen LogP contribution in [0.5, 0.6) is 0 Å². The molecule has 0 saturated carbocycles. The van der Waals surface area contributed by atoms with Gasteiger partial charge < -0.3 is 9.13 Å². The molecule has 0 unspecified atom stereocenters. The molecule has 0 aliphatic carbocycles. The lowest BCUT2D eigenvalue weighted by atomic mass is 9.97.